The van der Waals surface area contributed by atoms with E-state index in [0.29, 0.717) is 13.0 Å². The zero-order valence-corrected chi connectivity index (χ0v) is 40.7. The lowest BCUT2D eigenvalue weighted by Crippen LogP contribution is -2.64. The van der Waals surface area contributed by atoms with Gasteiger partial charge < -0.3 is 39.9 Å². The summed E-state index contributed by atoms with van der Waals surface area (Å²) in [6.45, 7) is 4.10. The lowest BCUT2D eigenvalue weighted by atomic mass is 9.85. The van der Waals surface area contributed by atoms with E-state index >= 15 is 0 Å². The molecule has 372 valence electrons. The smallest absolute Gasteiger partial charge is 0.457 e. The zero-order chi connectivity index (χ0) is 46.9. The third-order valence-corrected chi connectivity index (χ3v) is 12.4. The standard InChI is InChI=1S/C51H91O12P/c1-3-5-7-9-11-13-15-17-19-21-22-23-25-27-29-31-33-35-37-39-41-60-42-44(43-61-64(58,59)63-51-49(56)47(54)46(53)48(55)50(51)57)62-45(52)40-38-36-34-32-30-28-26-24-20-18-16-14-12-10-8-6-4-2/h5,7,11,13,17,19,22-23,27,29,44,46-51,53-57H,3-4,6,8-10,12,14-16,18,20-21,24-26,28,30-43H2,1-2H3,(H,58,59)/b7-5-,13-11-,19-17-,23-22-,29-27-. The van der Waals surface area contributed by atoms with E-state index in [-0.39, 0.29) is 13.0 Å². The molecular weight excluding hydrogens is 836 g/mol. The molecule has 0 aromatic carbocycles. The molecule has 0 heterocycles. The Morgan fingerprint density at radius 1 is 0.516 bits per heavy atom. The summed E-state index contributed by atoms with van der Waals surface area (Å²) < 4.78 is 34.2. The quantitative estimate of drug-likeness (QED) is 0.0147. The molecule has 1 saturated carbocycles. The minimum Gasteiger partial charge on any atom is -0.457 e. The van der Waals surface area contributed by atoms with Crippen molar-refractivity contribution in [2.75, 3.05) is 19.8 Å². The van der Waals surface area contributed by atoms with Crippen molar-refractivity contribution >= 4 is 13.8 Å². The lowest BCUT2D eigenvalue weighted by Gasteiger charge is -2.41. The first-order valence-electron chi connectivity index (χ1n) is 25.1. The van der Waals surface area contributed by atoms with Crippen molar-refractivity contribution in [3.05, 3.63) is 60.8 Å². The largest absolute Gasteiger partial charge is 0.472 e. The number of carbonyl (C=O) groups is 1. The molecule has 0 aliphatic heterocycles. The van der Waals surface area contributed by atoms with Gasteiger partial charge in [-0.15, -0.1) is 0 Å². The molecule has 0 amide bonds. The number of aliphatic hydroxyl groups excluding tert-OH is 5. The van der Waals surface area contributed by atoms with Crippen LogP contribution in [0.4, 0.5) is 0 Å². The van der Waals surface area contributed by atoms with Crippen LogP contribution in [0.15, 0.2) is 60.8 Å². The first-order chi connectivity index (χ1) is 31.0. The van der Waals surface area contributed by atoms with E-state index < -0.39 is 63.1 Å². The van der Waals surface area contributed by atoms with Crippen LogP contribution in [0.2, 0.25) is 0 Å². The Kier molecular flexibility index (Phi) is 38.7. The summed E-state index contributed by atoms with van der Waals surface area (Å²) in [6.07, 6.45) is 40.0. The Balaban J connectivity index is 2.38. The van der Waals surface area contributed by atoms with Crippen LogP contribution in [-0.4, -0.2) is 98.9 Å². The van der Waals surface area contributed by atoms with Crippen molar-refractivity contribution in [2.45, 2.75) is 236 Å². The molecule has 12 nitrogen and oxygen atoms in total. The third kappa shape index (κ3) is 32.7. The fraction of sp³-hybridized carbons (Fsp3) is 0.784. The second-order valence-electron chi connectivity index (χ2n) is 17.3. The number of phosphoric acid groups is 1. The summed E-state index contributed by atoms with van der Waals surface area (Å²) in [4.78, 5) is 23.2. The van der Waals surface area contributed by atoms with Crippen LogP contribution in [-0.2, 0) is 27.9 Å². The average molecular weight is 927 g/mol. The van der Waals surface area contributed by atoms with E-state index in [9.17, 15) is 39.8 Å². The highest BCUT2D eigenvalue weighted by atomic mass is 31.2. The number of hydrogen-bond acceptors (Lipinski definition) is 11. The number of phosphoric ester groups is 1. The van der Waals surface area contributed by atoms with Gasteiger partial charge in [-0.2, -0.15) is 0 Å². The summed E-state index contributed by atoms with van der Waals surface area (Å²) in [5.74, 6) is -0.486. The van der Waals surface area contributed by atoms with E-state index in [2.05, 4.69) is 74.6 Å². The highest BCUT2D eigenvalue weighted by Gasteiger charge is 2.51. The lowest BCUT2D eigenvalue weighted by molar-refractivity contribution is -0.220. The second-order valence-corrected chi connectivity index (χ2v) is 18.7. The van der Waals surface area contributed by atoms with Crippen molar-refractivity contribution in [3.8, 4) is 0 Å². The number of ether oxygens (including phenoxy) is 2. The van der Waals surface area contributed by atoms with E-state index in [0.717, 1.165) is 83.5 Å². The van der Waals surface area contributed by atoms with Gasteiger partial charge in [0, 0.05) is 13.0 Å². The molecule has 1 aliphatic carbocycles. The molecule has 1 fully saturated rings. The van der Waals surface area contributed by atoms with Crippen molar-refractivity contribution in [3.63, 3.8) is 0 Å². The van der Waals surface area contributed by atoms with Gasteiger partial charge in [0.05, 0.1) is 13.2 Å². The number of carbonyl (C=O) groups excluding carboxylic acids is 1. The number of hydrogen-bond donors (Lipinski definition) is 6. The van der Waals surface area contributed by atoms with Crippen LogP contribution in [0, 0.1) is 0 Å². The molecule has 64 heavy (non-hydrogen) atoms. The van der Waals surface area contributed by atoms with E-state index in [1.54, 1.807) is 0 Å². The van der Waals surface area contributed by atoms with Crippen LogP contribution in [0.25, 0.3) is 0 Å². The molecule has 0 radical (unpaired) electrons. The summed E-state index contributed by atoms with van der Waals surface area (Å²) in [6, 6.07) is 0. The van der Waals surface area contributed by atoms with Gasteiger partial charge >= 0.3 is 13.8 Å². The van der Waals surface area contributed by atoms with Crippen LogP contribution in [0.5, 0.6) is 0 Å². The van der Waals surface area contributed by atoms with E-state index in [1.807, 2.05) is 0 Å². The van der Waals surface area contributed by atoms with Crippen LogP contribution < -0.4 is 0 Å². The Bertz CT molecular complexity index is 1290. The summed E-state index contributed by atoms with van der Waals surface area (Å²) in [5.41, 5.74) is 0. The van der Waals surface area contributed by atoms with Gasteiger partial charge in [-0.05, 0) is 57.8 Å². The predicted octanol–water partition coefficient (Wildman–Crippen LogP) is 11.0. The first kappa shape index (κ1) is 60.1. The highest BCUT2D eigenvalue weighted by molar-refractivity contribution is 7.47. The SMILES string of the molecule is CC/C=C\C/C=C\C/C=C\C/C=C\C/C=C\CCCCCCOCC(COP(=O)(O)OC1C(O)C(O)C(O)C(O)C1O)OC(=O)CCCCCCCCCCCCCCCCCCC. The number of unbranched alkanes of at least 4 members (excludes halogenated alkanes) is 20. The maximum atomic E-state index is 12.8. The number of rotatable bonds is 42. The fourth-order valence-electron chi connectivity index (χ4n) is 7.44. The molecule has 1 aliphatic rings. The topological polar surface area (TPSA) is 192 Å². The summed E-state index contributed by atoms with van der Waals surface area (Å²) in [7, 11) is -5.03. The molecule has 6 N–H and O–H groups in total. The molecule has 13 heteroatoms. The maximum absolute atomic E-state index is 12.8. The third-order valence-electron chi connectivity index (χ3n) is 11.4. The van der Waals surface area contributed by atoms with Crippen LogP contribution >= 0.6 is 7.82 Å². The second kappa shape index (κ2) is 41.2. The Labute approximate surface area is 387 Å². The van der Waals surface area contributed by atoms with Gasteiger partial charge in [0.1, 0.15) is 42.7 Å². The van der Waals surface area contributed by atoms with E-state index in [4.69, 9.17) is 18.5 Å². The van der Waals surface area contributed by atoms with Gasteiger partial charge in [0.15, 0.2) is 0 Å². The van der Waals surface area contributed by atoms with Crippen LogP contribution in [0.3, 0.4) is 0 Å². The van der Waals surface area contributed by atoms with E-state index in [1.165, 1.54) is 83.5 Å². The molecular formula is C51H91O12P. The van der Waals surface area contributed by atoms with Crippen molar-refractivity contribution < 1.29 is 58.3 Å². The number of esters is 1. The van der Waals surface area contributed by atoms with Gasteiger partial charge in [0.25, 0.3) is 0 Å². The van der Waals surface area contributed by atoms with Crippen molar-refractivity contribution in [2.24, 2.45) is 0 Å². The van der Waals surface area contributed by atoms with Gasteiger partial charge in [-0.1, -0.05) is 190 Å². The monoisotopic (exact) mass is 927 g/mol. The van der Waals surface area contributed by atoms with Gasteiger partial charge in [-0.3, -0.25) is 13.8 Å². The number of aliphatic hydroxyl groups is 5. The molecule has 6 unspecified atom stereocenters. The summed E-state index contributed by atoms with van der Waals surface area (Å²) in [5, 5.41) is 50.3. The molecule has 0 bridgehead atoms. The molecule has 0 aromatic heterocycles. The van der Waals surface area contributed by atoms with Gasteiger partial charge in [0.2, 0.25) is 0 Å². The molecule has 1 rings (SSSR count). The number of allylic oxidation sites excluding steroid dienone is 10. The van der Waals surface area contributed by atoms with Crippen molar-refractivity contribution in [1.29, 1.82) is 0 Å². The predicted molar refractivity (Wildman–Crippen MR) is 258 cm³/mol. The Morgan fingerprint density at radius 3 is 1.41 bits per heavy atom. The Morgan fingerprint density at radius 2 is 0.922 bits per heavy atom. The zero-order valence-electron chi connectivity index (χ0n) is 39.8. The molecule has 0 saturated heterocycles. The average Bonchev–Trinajstić information content (AvgIpc) is 3.28. The minimum absolute atomic E-state index is 0.0941. The fourth-order valence-corrected chi connectivity index (χ4v) is 8.41. The maximum Gasteiger partial charge on any atom is 0.472 e. The van der Waals surface area contributed by atoms with Crippen LogP contribution in [0.1, 0.15) is 194 Å². The highest BCUT2D eigenvalue weighted by Crippen LogP contribution is 2.47. The molecule has 6 atom stereocenters. The molecule has 0 aromatic rings. The molecule has 0 spiro atoms. The first-order valence-corrected chi connectivity index (χ1v) is 26.6. The summed E-state index contributed by atoms with van der Waals surface area (Å²) >= 11 is 0. The van der Waals surface area contributed by atoms with Crippen molar-refractivity contribution in [1.82, 2.24) is 0 Å². The minimum atomic E-state index is -5.03. The Hall–Kier alpha value is -1.96. The van der Waals surface area contributed by atoms with Gasteiger partial charge in [-0.25, -0.2) is 4.57 Å². The normalized spacial score (nSPS) is 22.2.